The van der Waals surface area contributed by atoms with Gasteiger partial charge in [-0.1, -0.05) is 42.5 Å². The van der Waals surface area contributed by atoms with Crippen LogP contribution in [-0.2, 0) is 6.18 Å². The van der Waals surface area contributed by atoms with Crippen molar-refractivity contribution in [1.29, 1.82) is 0 Å². The Balaban J connectivity index is 2.03. The van der Waals surface area contributed by atoms with E-state index in [4.69, 9.17) is 4.74 Å². The Hall–Kier alpha value is -2.89. The molecule has 0 unspecified atom stereocenters. The second-order valence-electron chi connectivity index (χ2n) is 5.06. The van der Waals surface area contributed by atoms with Gasteiger partial charge in [0.05, 0.1) is 18.9 Å². The van der Waals surface area contributed by atoms with E-state index in [-0.39, 0.29) is 5.56 Å². The Labute approximate surface area is 136 Å². The van der Waals surface area contributed by atoms with Gasteiger partial charge in [0.1, 0.15) is 12.0 Å². The predicted octanol–water partition coefficient (Wildman–Crippen LogP) is 4.84. The second kappa shape index (κ2) is 6.31. The summed E-state index contributed by atoms with van der Waals surface area (Å²) in [6.45, 7) is 0. The summed E-state index contributed by atoms with van der Waals surface area (Å²) in [5, 5.41) is 0. The van der Waals surface area contributed by atoms with E-state index >= 15 is 0 Å². The van der Waals surface area contributed by atoms with Crippen LogP contribution >= 0.6 is 0 Å². The second-order valence-corrected chi connectivity index (χ2v) is 5.06. The Bertz CT molecular complexity index is 845. The zero-order valence-corrected chi connectivity index (χ0v) is 12.7. The Kier molecular flexibility index (Phi) is 4.20. The first-order valence-electron chi connectivity index (χ1n) is 7.11. The van der Waals surface area contributed by atoms with E-state index in [2.05, 4.69) is 9.97 Å². The fourth-order valence-corrected chi connectivity index (χ4v) is 2.47. The van der Waals surface area contributed by atoms with Gasteiger partial charge in [0.2, 0.25) is 0 Å². The molecule has 0 bridgehead atoms. The number of halogens is 3. The largest absolute Gasteiger partial charge is 0.493 e. The quantitative estimate of drug-likeness (QED) is 0.689. The molecule has 0 radical (unpaired) electrons. The lowest BCUT2D eigenvalue weighted by Gasteiger charge is -2.13. The number of hydrogen-bond acceptors (Lipinski definition) is 3. The molecule has 0 aliphatic heterocycles. The van der Waals surface area contributed by atoms with E-state index in [0.29, 0.717) is 17.0 Å². The van der Waals surface area contributed by atoms with Gasteiger partial charge >= 0.3 is 6.18 Å². The SMILES string of the molecule is COc1cncnc1-c1ccc(-c2ccccc2C(F)(F)F)cc1. The molecule has 0 aliphatic rings. The lowest BCUT2D eigenvalue weighted by atomic mass is 9.98. The number of benzene rings is 2. The monoisotopic (exact) mass is 330 g/mol. The molecule has 0 amide bonds. The van der Waals surface area contributed by atoms with Gasteiger partial charge in [-0.15, -0.1) is 0 Å². The highest BCUT2D eigenvalue weighted by molar-refractivity contribution is 5.73. The van der Waals surface area contributed by atoms with Crippen LogP contribution in [-0.4, -0.2) is 17.1 Å². The van der Waals surface area contributed by atoms with E-state index in [0.717, 1.165) is 11.6 Å². The molecule has 1 heterocycles. The van der Waals surface area contributed by atoms with Crippen LogP contribution in [0.5, 0.6) is 5.75 Å². The van der Waals surface area contributed by atoms with Crippen molar-refractivity contribution in [3.8, 4) is 28.1 Å². The van der Waals surface area contributed by atoms with Gasteiger partial charge < -0.3 is 4.74 Å². The molecule has 3 rings (SSSR count). The van der Waals surface area contributed by atoms with Crippen LogP contribution in [0.1, 0.15) is 5.56 Å². The topological polar surface area (TPSA) is 35.0 Å². The van der Waals surface area contributed by atoms with Gasteiger partial charge in [0.15, 0.2) is 5.75 Å². The zero-order chi connectivity index (χ0) is 17.2. The van der Waals surface area contributed by atoms with Crippen LogP contribution in [0.2, 0.25) is 0 Å². The third-order valence-corrected chi connectivity index (χ3v) is 3.60. The van der Waals surface area contributed by atoms with Gasteiger partial charge in [0, 0.05) is 5.56 Å². The van der Waals surface area contributed by atoms with E-state index < -0.39 is 11.7 Å². The number of methoxy groups -OCH3 is 1. The van der Waals surface area contributed by atoms with Gasteiger partial charge in [-0.05, 0) is 17.2 Å². The molecular weight excluding hydrogens is 317 g/mol. The normalized spacial score (nSPS) is 11.3. The van der Waals surface area contributed by atoms with Gasteiger partial charge in [-0.2, -0.15) is 13.2 Å². The molecule has 0 spiro atoms. The van der Waals surface area contributed by atoms with Crippen LogP contribution < -0.4 is 4.74 Å². The molecule has 6 heteroatoms. The summed E-state index contributed by atoms with van der Waals surface area (Å²) >= 11 is 0. The molecule has 0 N–H and O–H groups in total. The molecule has 1 aromatic heterocycles. The highest BCUT2D eigenvalue weighted by atomic mass is 19.4. The van der Waals surface area contributed by atoms with Crippen molar-refractivity contribution in [3.05, 3.63) is 66.6 Å². The van der Waals surface area contributed by atoms with Crippen molar-refractivity contribution in [2.24, 2.45) is 0 Å². The maximum Gasteiger partial charge on any atom is 0.417 e. The average molecular weight is 330 g/mol. The average Bonchev–Trinajstić information content (AvgIpc) is 2.61. The van der Waals surface area contributed by atoms with Crippen LogP contribution in [0.15, 0.2) is 61.1 Å². The summed E-state index contributed by atoms with van der Waals surface area (Å²) in [4.78, 5) is 8.05. The Morgan fingerprint density at radius 2 is 1.58 bits per heavy atom. The van der Waals surface area contributed by atoms with Crippen molar-refractivity contribution in [3.63, 3.8) is 0 Å². The highest BCUT2D eigenvalue weighted by Gasteiger charge is 2.33. The number of alkyl halides is 3. The van der Waals surface area contributed by atoms with Crippen molar-refractivity contribution in [2.45, 2.75) is 6.18 Å². The number of nitrogens with zero attached hydrogens (tertiary/aromatic N) is 2. The molecule has 0 fully saturated rings. The van der Waals surface area contributed by atoms with E-state index in [1.54, 1.807) is 30.3 Å². The molecule has 0 aliphatic carbocycles. The summed E-state index contributed by atoms with van der Waals surface area (Å²) in [6, 6.07) is 12.2. The summed E-state index contributed by atoms with van der Waals surface area (Å²) in [6.07, 6.45) is -1.47. The van der Waals surface area contributed by atoms with Crippen LogP contribution in [0.3, 0.4) is 0 Å². The van der Waals surface area contributed by atoms with Crippen LogP contribution in [0.4, 0.5) is 13.2 Å². The summed E-state index contributed by atoms with van der Waals surface area (Å²) < 4.78 is 44.6. The zero-order valence-electron chi connectivity index (χ0n) is 12.7. The van der Waals surface area contributed by atoms with Crippen molar-refractivity contribution < 1.29 is 17.9 Å². The summed E-state index contributed by atoms with van der Waals surface area (Å²) in [5.74, 6) is 0.501. The molecule has 3 nitrogen and oxygen atoms in total. The maximum atomic E-state index is 13.1. The van der Waals surface area contributed by atoms with Crippen LogP contribution in [0.25, 0.3) is 22.4 Å². The van der Waals surface area contributed by atoms with Gasteiger partial charge in [0.25, 0.3) is 0 Å². The van der Waals surface area contributed by atoms with Gasteiger partial charge in [-0.25, -0.2) is 9.97 Å². The minimum absolute atomic E-state index is 0.145. The first-order chi connectivity index (χ1) is 11.5. The maximum absolute atomic E-state index is 13.1. The molecule has 122 valence electrons. The Morgan fingerprint density at radius 3 is 2.25 bits per heavy atom. The summed E-state index contributed by atoms with van der Waals surface area (Å²) in [7, 11) is 1.51. The standard InChI is InChI=1S/C18H13F3N2O/c1-24-16-10-22-11-23-17(16)13-8-6-12(7-9-13)14-4-2-3-5-15(14)18(19,20)21/h2-11H,1H3. The molecule has 0 atom stereocenters. The molecule has 3 aromatic rings. The van der Waals surface area contributed by atoms with E-state index in [1.807, 2.05) is 0 Å². The number of hydrogen-bond donors (Lipinski definition) is 0. The van der Waals surface area contributed by atoms with Crippen molar-refractivity contribution >= 4 is 0 Å². The third kappa shape index (κ3) is 3.08. The van der Waals surface area contributed by atoms with E-state index in [1.165, 1.54) is 31.8 Å². The fourth-order valence-electron chi connectivity index (χ4n) is 2.47. The summed E-state index contributed by atoms with van der Waals surface area (Å²) in [5.41, 5.74) is 1.30. The number of rotatable bonds is 3. The third-order valence-electron chi connectivity index (χ3n) is 3.60. The Morgan fingerprint density at radius 1 is 0.917 bits per heavy atom. The smallest absolute Gasteiger partial charge is 0.417 e. The molecule has 2 aromatic carbocycles. The lowest BCUT2D eigenvalue weighted by Crippen LogP contribution is -2.06. The first-order valence-corrected chi connectivity index (χ1v) is 7.11. The first kappa shape index (κ1) is 16.0. The predicted molar refractivity (Wildman–Crippen MR) is 84.5 cm³/mol. The number of aromatic nitrogens is 2. The van der Waals surface area contributed by atoms with Crippen molar-refractivity contribution in [1.82, 2.24) is 9.97 Å². The fraction of sp³-hybridized carbons (Fsp3) is 0.111. The minimum atomic E-state index is -4.40. The van der Waals surface area contributed by atoms with Gasteiger partial charge in [-0.3, -0.25) is 0 Å². The molecule has 0 saturated carbocycles. The minimum Gasteiger partial charge on any atom is -0.493 e. The number of ether oxygens (including phenoxy) is 1. The van der Waals surface area contributed by atoms with E-state index in [9.17, 15) is 13.2 Å². The molecule has 0 saturated heterocycles. The molecular formula is C18H13F3N2O. The highest BCUT2D eigenvalue weighted by Crippen LogP contribution is 2.37. The van der Waals surface area contributed by atoms with Crippen LogP contribution in [0, 0.1) is 0 Å². The van der Waals surface area contributed by atoms with Crippen molar-refractivity contribution in [2.75, 3.05) is 7.11 Å². The lowest BCUT2D eigenvalue weighted by molar-refractivity contribution is -0.137. The molecule has 24 heavy (non-hydrogen) atoms.